The van der Waals surface area contributed by atoms with Crippen LogP contribution in [0.15, 0.2) is 48.5 Å². The zero-order valence-corrected chi connectivity index (χ0v) is 15.8. The molecule has 0 aromatic heterocycles. The predicted molar refractivity (Wildman–Crippen MR) is 105 cm³/mol. The van der Waals surface area contributed by atoms with Crippen LogP contribution >= 0.6 is 11.8 Å². The Bertz CT molecular complexity index is 767. The number of esters is 1. The van der Waals surface area contributed by atoms with E-state index < -0.39 is 5.97 Å². The van der Waals surface area contributed by atoms with Crippen molar-refractivity contribution in [2.24, 2.45) is 0 Å². The van der Waals surface area contributed by atoms with Crippen molar-refractivity contribution >= 4 is 23.5 Å². The quantitative estimate of drug-likeness (QED) is 0.575. The van der Waals surface area contributed by atoms with Gasteiger partial charge in [0.25, 0.3) is 0 Å². The molecule has 136 valence electrons. The average molecular weight is 369 g/mol. The fourth-order valence-corrected chi connectivity index (χ4v) is 3.93. The molecule has 1 fully saturated rings. The number of ether oxygens (including phenoxy) is 1. The summed E-state index contributed by atoms with van der Waals surface area (Å²) in [7, 11) is 0. The summed E-state index contributed by atoms with van der Waals surface area (Å²) in [5.41, 5.74) is 2.74. The Morgan fingerprint density at radius 3 is 2.38 bits per heavy atom. The van der Waals surface area contributed by atoms with Gasteiger partial charge >= 0.3 is 5.97 Å². The predicted octanol–water partition coefficient (Wildman–Crippen LogP) is 3.64. The standard InChI is InChI=1S/C21H23NO3S/c1-2-25-21(24)19-5-3-4-18(14-19)20(23)17-8-6-16(7-9-17)15-22-10-12-26-13-11-22/h3-9,14H,2,10-13,15H2,1H3. The van der Waals surface area contributed by atoms with Gasteiger partial charge < -0.3 is 4.74 Å². The van der Waals surface area contributed by atoms with E-state index in [2.05, 4.69) is 4.90 Å². The minimum absolute atomic E-state index is 0.0860. The second kappa shape index (κ2) is 9.01. The highest BCUT2D eigenvalue weighted by Crippen LogP contribution is 2.16. The van der Waals surface area contributed by atoms with E-state index in [4.69, 9.17) is 4.74 Å². The van der Waals surface area contributed by atoms with Crippen LogP contribution in [0.25, 0.3) is 0 Å². The third kappa shape index (κ3) is 4.74. The van der Waals surface area contributed by atoms with E-state index in [-0.39, 0.29) is 5.78 Å². The van der Waals surface area contributed by atoms with E-state index in [0.717, 1.165) is 19.6 Å². The van der Waals surface area contributed by atoms with Crippen LogP contribution in [0.4, 0.5) is 0 Å². The molecular formula is C21H23NO3S. The van der Waals surface area contributed by atoms with Crippen LogP contribution in [0.1, 0.15) is 38.8 Å². The molecule has 2 aromatic carbocycles. The summed E-state index contributed by atoms with van der Waals surface area (Å²) in [5.74, 6) is 1.88. The van der Waals surface area contributed by atoms with E-state index >= 15 is 0 Å². The van der Waals surface area contributed by atoms with Crippen LogP contribution in [-0.4, -0.2) is 47.9 Å². The second-order valence-corrected chi connectivity index (χ2v) is 7.44. The normalized spacial score (nSPS) is 14.8. The van der Waals surface area contributed by atoms with Gasteiger partial charge in [0.15, 0.2) is 5.78 Å². The Balaban J connectivity index is 1.69. The molecule has 1 aliphatic heterocycles. The Labute approximate surface area is 158 Å². The zero-order valence-electron chi connectivity index (χ0n) is 14.9. The molecule has 0 saturated carbocycles. The van der Waals surface area contributed by atoms with Gasteiger partial charge in [-0.3, -0.25) is 9.69 Å². The van der Waals surface area contributed by atoms with Gasteiger partial charge in [0.1, 0.15) is 0 Å². The summed E-state index contributed by atoms with van der Waals surface area (Å²) >= 11 is 2.00. The Morgan fingerprint density at radius 1 is 1.00 bits per heavy atom. The second-order valence-electron chi connectivity index (χ2n) is 6.22. The molecule has 2 aromatic rings. The number of hydrogen-bond acceptors (Lipinski definition) is 5. The highest BCUT2D eigenvalue weighted by Gasteiger charge is 2.14. The third-order valence-electron chi connectivity index (χ3n) is 4.36. The first-order valence-corrected chi connectivity index (χ1v) is 10.0. The fourth-order valence-electron chi connectivity index (χ4n) is 2.95. The Kier molecular flexibility index (Phi) is 6.47. The van der Waals surface area contributed by atoms with Gasteiger partial charge in [-0.15, -0.1) is 0 Å². The summed E-state index contributed by atoms with van der Waals surface area (Å²) in [6, 6.07) is 14.5. The molecule has 26 heavy (non-hydrogen) atoms. The lowest BCUT2D eigenvalue weighted by Crippen LogP contribution is -2.31. The van der Waals surface area contributed by atoms with Crippen molar-refractivity contribution in [2.45, 2.75) is 13.5 Å². The first-order valence-electron chi connectivity index (χ1n) is 8.88. The molecule has 0 atom stereocenters. The number of rotatable bonds is 6. The highest BCUT2D eigenvalue weighted by molar-refractivity contribution is 7.99. The molecule has 0 amide bonds. The lowest BCUT2D eigenvalue weighted by molar-refractivity contribution is 0.0526. The van der Waals surface area contributed by atoms with Crippen molar-refractivity contribution in [2.75, 3.05) is 31.2 Å². The fraction of sp³-hybridized carbons (Fsp3) is 0.333. The molecule has 0 unspecified atom stereocenters. The van der Waals surface area contributed by atoms with Crippen molar-refractivity contribution in [3.05, 3.63) is 70.8 Å². The maximum Gasteiger partial charge on any atom is 0.338 e. The summed E-state index contributed by atoms with van der Waals surface area (Å²) in [4.78, 5) is 27.0. The van der Waals surface area contributed by atoms with E-state index in [1.165, 1.54) is 17.1 Å². The molecule has 3 rings (SSSR count). The smallest absolute Gasteiger partial charge is 0.338 e. The minimum atomic E-state index is -0.405. The van der Waals surface area contributed by atoms with E-state index in [9.17, 15) is 9.59 Å². The molecule has 1 heterocycles. The first kappa shape index (κ1) is 18.7. The van der Waals surface area contributed by atoms with Crippen molar-refractivity contribution in [1.29, 1.82) is 0 Å². The molecule has 0 aliphatic carbocycles. The maximum absolute atomic E-state index is 12.7. The van der Waals surface area contributed by atoms with Crippen LogP contribution in [0.3, 0.4) is 0 Å². The summed E-state index contributed by atoms with van der Waals surface area (Å²) in [6.07, 6.45) is 0. The molecule has 1 saturated heterocycles. The number of ketones is 1. The van der Waals surface area contributed by atoms with Crippen molar-refractivity contribution < 1.29 is 14.3 Å². The van der Waals surface area contributed by atoms with Crippen LogP contribution in [-0.2, 0) is 11.3 Å². The zero-order chi connectivity index (χ0) is 18.4. The molecular weight excluding hydrogens is 346 g/mol. The van der Waals surface area contributed by atoms with E-state index in [1.54, 1.807) is 31.2 Å². The number of hydrogen-bond donors (Lipinski definition) is 0. The SMILES string of the molecule is CCOC(=O)c1cccc(C(=O)c2ccc(CN3CCSCC3)cc2)c1. The molecule has 5 heteroatoms. The number of carbonyl (C=O) groups is 2. The van der Waals surface area contributed by atoms with Crippen molar-refractivity contribution in [3.8, 4) is 0 Å². The molecule has 1 aliphatic rings. The van der Waals surface area contributed by atoms with Crippen LogP contribution in [0.2, 0.25) is 0 Å². The maximum atomic E-state index is 12.7. The minimum Gasteiger partial charge on any atom is -0.462 e. The topological polar surface area (TPSA) is 46.6 Å². The largest absolute Gasteiger partial charge is 0.462 e. The van der Waals surface area contributed by atoms with E-state index in [1.807, 2.05) is 36.0 Å². The summed E-state index contributed by atoms with van der Waals surface area (Å²) < 4.78 is 5.00. The van der Waals surface area contributed by atoms with Crippen LogP contribution in [0.5, 0.6) is 0 Å². The first-order chi connectivity index (χ1) is 12.7. The third-order valence-corrected chi connectivity index (χ3v) is 5.30. The monoisotopic (exact) mass is 369 g/mol. The number of nitrogens with zero attached hydrogens (tertiary/aromatic N) is 1. The molecule has 0 bridgehead atoms. The van der Waals surface area contributed by atoms with Crippen molar-refractivity contribution in [3.63, 3.8) is 0 Å². The highest BCUT2D eigenvalue weighted by atomic mass is 32.2. The van der Waals surface area contributed by atoms with Gasteiger partial charge in [0.2, 0.25) is 0 Å². The summed E-state index contributed by atoms with van der Waals surface area (Å²) in [6.45, 7) is 5.23. The van der Waals surface area contributed by atoms with Gasteiger partial charge in [-0.2, -0.15) is 11.8 Å². The van der Waals surface area contributed by atoms with Gasteiger partial charge in [0.05, 0.1) is 12.2 Å². The average Bonchev–Trinajstić information content (AvgIpc) is 2.69. The molecule has 0 spiro atoms. The van der Waals surface area contributed by atoms with E-state index in [0.29, 0.717) is 23.3 Å². The van der Waals surface area contributed by atoms with Gasteiger partial charge in [-0.25, -0.2) is 4.79 Å². The Morgan fingerprint density at radius 2 is 1.69 bits per heavy atom. The number of carbonyl (C=O) groups excluding carboxylic acids is 2. The number of thioether (sulfide) groups is 1. The van der Waals surface area contributed by atoms with Gasteiger partial charge in [-0.05, 0) is 24.6 Å². The van der Waals surface area contributed by atoms with Gasteiger partial charge in [-0.1, -0.05) is 36.4 Å². The lowest BCUT2D eigenvalue weighted by Gasteiger charge is -2.26. The van der Waals surface area contributed by atoms with Gasteiger partial charge in [0, 0.05) is 42.3 Å². The summed E-state index contributed by atoms with van der Waals surface area (Å²) in [5, 5.41) is 0. The molecule has 0 N–H and O–H groups in total. The number of benzene rings is 2. The molecule has 4 nitrogen and oxygen atoms in total. The van der Waals surface area contributed by atoms with Crippen LogP contribution < -0.4 is 0 Å². The van der Waals surface area contributed by atoms with Crippen LogP contribution in [0, 0.1) is 0 Å². The molecule has 0 radical (unpaired) electrons. The van der Waals surface area contributed by atoms with Crippen molar-refractivity contribution in [1.82, 2.24) is 4.90 Å². The lowest BCUT2D eigenvalue weighted by atomic mass is 10.00. The Hall–Kier alpha value is -2.11.